The van der Waals surface area contributed by atoms with Gasteiger partial charge in [0.25, 0.3) is 0 Å². The number of hydrogen-bond donors (Lipinski definition) is 0. The maximum atomic E-state index is 3.73. The van der Waals surface area contributed by atoms with Crippen LogP contribution in [0.15, 0.2) is 93.9 Å². The minimum atomic E-state index is -0.351. The van der Waals surface area contributed by atoms with E-state index in [1.54, 1.807) is 0 Å². The molecule has 0 atom stereocenters. The van der Waals surface area contributed by atoms with Crippen molar-refractivity contribution in [1.82, 2.24) is 0 Å². The van der Waals surface area contributed by atoms with Gasteiger partial charge in [-0.15, -0.1) is 0 Å². The van der Waals surface area contributed by atoms with Crippen LogP contribution >= 0.6 is 54.5 Å². The fraction of sp³-hybridized carbons (Fsp3) is 0.0769. The highest BCUT2D eigenvalue weighted by Gasteiger charge is 2.46. The van der Waals surface area contributed by atoms with Crippen molar-refractivity contribution in [3.8, 4) is 11.1 Å². The van der Waals surface area contributed by atoms with Gasteiger partial charge in [-0.1, -0.05) is 86.0 Å². The largest absolute Gasteiger partial charge is 0.0714 e. The number of aryl methyl sites for hydroxylation is 1. The van der Waals surface area contributed by atoms with Crippen LogP contribution in [0, 0.1) is 10.5 Å². The predicted molar refractivity (Wildman–Crippen MR) is 137 cm³/mol. The Balaban J connectivity index is 1.97. The Bertz CT molecular complexity index is 1130. The summed E-state index contributed by atoms with van der Waals surface area (Å²) in [5.74, 6) is 0. The summed E-state index contributed by atoms with van der Waals surface area (Å²) >= 11 is 9.85. The van der Waals surface area contributed by atoms with Gasteiger partial charge in [-0.3, -0.25) is 0 Å². The zero-order valence-corrected chi connectivity index (χ0v) is 21.0. The van der Waals surface area contributed by atoms with Crippen LogP contribution in [-0.2, 0) is 5.41 Å². The molecule has 4 aromatic rings. The normalized spacial score (nSPS) is 13.8. The van der Waals surface area contributed by atoms with E-state index in [-0.39, 0.29) is 5.41 Å². The average molecular weight is 616 g/mol. The second-order valence-corrected chi connectivity index (χ2v) is 10.6. The quantitative estimate of drug-likeness (QED) is 0.175. The molecule has 142 valence electrons. The van der Waals surface area contributed by atoms with Crippen molar-refractivity contribution in [1.29, 1.82) is 0 Å². The van der Waals surface area contributed by atoms with Gasteiger partial charge in [-0.25, -0.2) is 0 Å². The fourth-order valence-corrected chi connectivity index (χ4v) is 5.64. The van der Waals surface area contributed by atoms with Gasteiger partial charge in [0, 0.05) is 12.5 Å². The highest BCUT2D eigenvalue weighted by molar-refractivity contribution is 14.1. The molecule has 0 saturated heterocycles. The highest BCUT2D eigenvalue weighted by atomic mass is 127. The monoisotopic (exact) mass is 614 g/mol. The molecule has 5 rings (SSSR count). The zero-order chi connectivity index (χ0) is 20.2. The van der Waals surface area contributed by atoms with Gasteiger partial charge in [0.15, 0.2) is 0 Å². The third kappa shape index (κ3) is 3.05. The molecule has 3 heteroatoms. The summed E-state index contributed by atoms with van der Waals surface area (Å²) < 4.78 is 3.45. The minimum Gasteiger partial charge on any atom is -0.0590 e. The predicted octanol–water partition coefficient (Wildman–Crippen LogP) is 8.49. The lowest BCUT2D eigenvalue weighted by Crippen LogP contribution is -2.28. The molecule has 0 bridgehead atoms. The van der Waals surface area contributed by atoms with Crippen LogP contribution in [0.1, 0.15) is 27.8 Å². The van der Waals surface area contributed by atoms with Gasteiger partial charge >= 0.3 is 0 Å². The maximum absolute atomic E-state index is 3.73. The smallest absolute Gasteiger partial charge is 0.0590 e. The van der Waals surface area contributed by atoms with Gasteiger partial charge < -0.3 is 0 Å². The molecular formula is C26H17Br2I. The zero-order valence-electron chi connectivity index (χ0n) is 15.7. The van der Waals surface area contributed by atoms with Crippen LogP contribution in [0.3, 0.4) is 0 Å². The second kappa shape index (κ2) is 7.36. The van der Waals surface area contributed by atoms with Crippen LogP contribution in [0.5, 0.6) is 0 Å². The summed E-state index contributed by atoms with van der Waals surface area (Å²) in [5.41, 5.74) is 8.75. The molecule has 0 spiro atoms. The van der Waals surface area contributed by atoms with Crippen LogP contribution in [-0.4, -0.2) is 0 Å². The topological polar surface area (TPSA) is 0 Å². The summed E-state index contributed by atoms with van der Waals surface area (Å²) in [5, 5.41) is 0. The molecule has 0 radical (unpaired) electrons. The first kappa shape index (κ1) is 19.5. The van der Waals surface area contributed by atoms with Crippen LogP contribution in [0.4, 0.5) is 0 Å². The molecule has 0 fully saturated rings. The van der Waals surface area contributed by atoms with E-state index in [0.29, 0.717) is 0 Å². The molecule has 0 aliphatic heterocycles. The van der Waals surface area contributed by atoms with Crippen molar-refractivity contribution in [3.63, 3.8) is 0 Å². The minimum absolute atomic E-state index is 0.351. The molecule has 0 N–H and O–H groups in total. The summed E-state index contributed by atoms with van der Waals surface area (Å²) in [6.45, 7) is 2.14. The van der Waals surface area contributed by atoms with E-state index in [1.807, 2.05) is 0 Å². The van der Waals surface area contributed by atoms with E-state index in [1.165, 1.54) is 42.5 Å². The molecule has 0 aromatic heterocycles. The van der Waals surface area contributed by atoms with E-state index in [2.05, 4.69) is 146 Å². The van der Waals surface area contributed by atoms with E-state index in [9.17, 15) is 0 Å². The lowest BCUT2D eigenvalue weighted by molar-refractivity contribution is 0.766. The van der Waals surface area contributed by atoms with E-state index < -0.39 is 0 Å². The van der Waals surface area contributed by atoms with Gasteiger partial charge in [0.05, 0.1) is 5.41 Å². The molecule has 1 aliphatic carbocycles. The standard InChI is InChI=1S/C26H17Br2I/c1-16-2-4-17(5-3-16)26(18-6-10-21(29)11-7-18)24-14-19(27)8-12-22(24)23-13-9-20(28)15-25(23)26/h2-15H,1H3. The third-order valence-electron chi connectivity index (χ3n) is 5.82. The number of rotatable bonds is 2. The lowest BCUT2D eigenvalue weighted by atomic mass is 9.67. The molecule has 0 saturated carbocycles. The Morgan fingerprint density at radius 1 is 0.621 bits per heavy atom. The van der Waals surface area contributed by atoms with Crippen molar-refractivity contribution in [2.75, 3.05) is 0 Å². The molecule has 0 amide bonds. The van der Waals surface area contributed by atoms with Crippen molar-refractivity contribution >= 4 is 54.5 Å². The molecule has 0 unspecified atom stereocenters. The van der Waals surface area contributed by atoms with Crippen molar-refractivity contribution in [2.24, 2.45) is 0 Å². The summed E-state index contributed by atoms with van der Waals surface area (Å²) in [6.07, 6.45) is 0. The SMILES string of the molecule is Cc1ccc(C2(c3ccc(I)cc3)c3cc(Br)ccc3-c3ccc(Br)cc32)cc1. The highest BCUT2D eigenvalue weighted by Crippen LogP contribution is 2.57. The maximum Gasteiger partial charge on any atom is 0.0714 e. The Morgan fingerprint density at radius 3 is 1.55 bits per heavy atom. The van der Waals surface area contributed by atoms with Crippen molar-refractivity contribution < 1.29 is 0 Å². The first-order valence-electron chi connectivity index (χ1n) is 9.44. The van der Waals surface area contributed by atoms with Gasteiger partial charge in [0.2, 0.25) is 0 Å². The van der Waals surface area contributed by atoms with E-state index >= 15 is 0 Å². The Labute approximate surface area is 201 Å². The summed E-state index contributed by atoms with van der Waals surface area (Å²) in [4.78, 5) is 0. The fourth-order valence-electron chi connectivity index (χ4n) is 4.56. The lowest BCUT2D eigenvalue weighted by Gasteiger charge is -2.34. The van der Waals surface area contributed by atoms with Crippen LogP contribution in [0.2, 0.25) is 0 Å². The Kier molecular flexibility index (Phi) is 4.96. The van der Waals surface area contributed by atoms with Crippen LogP contribution < -0.4 is 0 Å². The first-order valence-corrected chi connectivity index (χ1v) is 12.1. The van der Waals surface area contributed by atoms with Crippen molar-refractivity contribution in [2.45, 2.75) is 12.3 Å². The number of hydrogen-bond acceptors (Lipinski definition) is 0. The molecule has 4 aromatic carbocycles. The third-order valence-corrected chi connectivity index (χ3v) is 7.53. The summed E-state index contributed by atoms with van der Waals surface area (Å²) in [7, 11) is 0. The molecule has 0 nitrogen and oxygen atoms in total. The molecule has 0 heterocycles. The van der Waals surface area contributed by atoms with Crippen LogP contribution in [0.25, 0.3) is 11.1 Å². The first-order chi connectivity index (χ1) is 14.0. The Morgan fingerprint density at radius 2 is 1.07 bits per heavy atom. The number of fused-ring (bicyclic) bond motifs is 3. The molecule has 29 heavy (non-hydrogen) atoms. The molecule has 1 aliphatic rings. The van der Waals surface area contributed by atoms with E-state index in [0.717, 1.165) is 8.95 Å². The van der Waals surface area contributed by atoms with Gasteiger partial charge in [-0.2, -0.15) is 0 Å². The van der Waals surface area contributed by atoms with Gasteiger partial charge in [-0.05, 0) is 99.3 Å². The second-order valence-electron chi connectivity index (χ2n) is 7.50. The number of halogens is 3. The Hall–Kier alpha value is -1.43. The van der Waals surface area contributed by atoms with Crippen molar-refractivity contribution in [3.05, 3.63) is 125 Å². The van der Waals surface area contributed by atoms with E-state index in [4.69, 9.17) is 0 Å². The summed E-state index contributed by atoms with van der Waals surface area (Å²) in [6, 6.07) is 31.3. The number of benzene rings is 4. The molecular weight excluding hydrogens is 599 g/mol. The average Bonchev–Trinajstić information content (AvgIpc) is 2.99. The van der Waals surface area contributed by atoms with Gasteiger partial charge in [0.1, 0.15) is 0 Å².